The number of hydrogen-bond acceptors (Lipinski definition) is 4. The molecule has 112 valence electrons. The maximum atomic E-state index is 12.4. The van der Waals surface area contributed by atoms with Crippen LogP contribution in [0.5, 0.6) is 0 Å². The van der Waals surface area contributed by atoms with Gasteiger partial charge < -0.3 is 10.1 Å². The smallest absolute Gasteiger partial charge is 0.381 e. The number of amides is 1. The van der Waals surface area contributed by atoms with Gasteiger partial charge in [-0.3, -0.25) is 4.79 Å². The van der Waals surface area contributed by atoms with Gasteiger partial charge in [-0.25, -0.2) is 4.98 Å². The monoisotopic (exact) mass is 299 g/mol. The Morgan fingerprint density at radius 1 is 1.38 bits per heavy atom. The zero-order valence-electron chi connectivity index (χ0n) is 10.9. The molecule has 1 aliphatic rings. The lowest BCUT2D eigenvalue weighted by Gasteiger charge is -2.29. The Labute approximate surface area is 118 Å². The van der Waals surface area contributed by atoms with Crippen molar-refractivity contribution in [3.63, 3.8) is 0 Å². The highest BCUT2D eigenvalue weighted by Crippen LogP contribution is 2.32. The molecule has 1 fully saturated rings. The van der Waals surface area contributed by atoms with E-state index in [1.54, 1.807) is 0 Å². The normalized spacial score (nSPS) is 17.8. The number of nitrogens with one attached hydrogen (secondary N) is 1. The van der Waals surface area contributed by atoms with E-state index in [9.17, 15) is 23.2 Å². The predicted molar refractivity (Wildman–Crippen MR) is 66.0 cm³/mol. The van der Waals surface area contributed by atoms with Crippen LogP contribution in [0.1, 0.15) is 18.5 Å². The molecule has 5 nitrogen and oxygen atoms in total. The van der Waals surface area contributed by atoms with E-state index in [-0.39, 0.29) is 18.5 Å². The van der Waals surface area contributed by atoms with Crippen LogP contribution in [0.4, 0.5) is 18.9 Å². The minimum absolute atomic E-state index is 0.120. The van der Waals surface area contributed by atoms with Crippen LogP contribution in [-0.4, -0.2) is 24.1 Å². The minimum atomic E-state index is -4.53. The number of aromatic nitrogens is 1. The quantitative estimate of drug-likeness (QED) is 0.909. The summed E-state index contributed by atoms with van der Waals surface area (Å²) in [6, 6.07) is 3.87. The number of rotatable bonds is 2. The van der Waals surface area contributed by atoms with Crippen LogP contribution in [0.3, 0.4) is 0 Å². The summed E-state index contributed by atoms with van der Waals surface area (Å²) in [6.45, 7) is 0.596. The van der Waals surface area contributed by atoms with E-state index in [1.165, 1.54) is 0 Å². The van der Waals surface area contributed by atoms with Crippen molar-refractivity contribution in [1.82, 2.24) is 4.98 Å². The molecule has 21 heavy (non-hydrogen) atoms. The highest BCUT2D eigenvalue weighted by molar-refractivity contribution is 5.97. The van der Waals surface area contributed by atoms with Gasteiger partial charge in [0.2, 0.25) is 5.91 Å². The van der Waals surface area contributed by atoms with Gasteiger partial charge in [0.05, 0.1) is 18.0 Å². The van der Waals surface area contributed by atoms with Gasteiger partial charge in [-0.05, 0) is 25.0 Å². The van der Waals surface area contributed by atoms with Gasteiger partial charge in [-0.1, -0.05) is 0 Å². The first kappa shape index (κ1) is 15.3. The number of alkyl halides is 3. The summed E-state index contributed by atoms with van der Waals surface area (Å²) in [7, 11) is 0. The number of carbonyl (C=O) groups excluding carboxylic acids is 1. The summed E-state index contributed by atoms with van der Waals surface area (Å²) in [5.74, 6) is -0.546. The molecule has 2 rings (SSSR count). The van der Waals surface area contributed by atoms with Gasteiger partial charge in [0, 0.05) is 13.2 Å². The molecular formula is C13H12F3N3O2. The molecule has 0 saturated carbocycles. The van der Waals surface area contributed by atoms with Crippen LogP contribution in [-0.2, 0) is 15.7 Å². The fourth-order valence-corrected chi connectivity index (χ4v) is 2.00. The number of anilines is 1. The number of hydrogen-bond donors (Lipinski definition) is 1. The summed E-state index contributed by atoms with van der Waals surface area (Å²) < 4.78 is 42.3. The summed E-state index contributed by atoms with van der Waals surface area (Å²) in [5, 5.41) is 11.6. The Bertz CT molecular complexity index is 558. The Hall–Kier alpha value is -2.14. The molecule has 1 aromatic heterocycles. The largest absolute Gasteiger partial charge is 0.433 e. The van der Waals surface area contributed by atoms with Gasteiger partial charge in [0.25, 0.3) is 0 Å². The molecule has 8 heteroatoms. The van der Waals surface area contributed by atoms with Crippen LogP contribution in [0.2, 0.25) is 0 Å². The van der Waals surface area contributed by atoms with Crippen molar-refractivity contribution in [3.8, 4) is 6.07 Å². The average Bonchev–Trinajstić information content (AvgIpc) is 2.47. The molecule has 1 saturated heterocycles. The Morgan fingerprint density at radius 2 is 2.05 bits per heavy atom. The van der Waals surface area contributed by atoms with Crippen molar-refractivity contribution in [1.29, 1.82) is 5.26 Å². The van der Waals surface area contributed by atoms with E-state index in [1.807, 2.05) is 6.07 Å². The van der Waals surface area contributed by atoms with E-state index in [0.29, 0.717) is 13.2 Å². The van der Waals surface area contributed by atoms with Gasteiger partial charge in [-0.15, -0.1) is 0 Å². The standard InChI is InChI=1S/C13H12F3N3O2/c14-13(15,16)10-2-1-9(7-18-10)19-11(20)12(8-17)3-5-21-6-4-12/h1-2,7H,3-6H2,(H,19,20). The number of halogens is 3. The van der Waals surface area contributed by atoms with Crippen LogP contribution >= 0.6 is 0 Å². The average molecular weight is 299 g/mol. The molecule has 0 bridgehead atoms. The minimum Gasteiger partial charge on any atom is -0.381 e. The molecule has 0 radical (unpaired) electrons. The van der Waals surface area contributed by atoms with Crippen molar-refractivity contribution >= 4 is 11.6 Å². The fraction of sp³-hybridized carbons (Fsp3) is 0.462. The van der Waals surface area contributed by atoms with Gasteiger partial charge in [0.15, 0.2) is 0 Å². The zero-order valence-corrected chi connectivity index (χ0v) is 10.9. The van der Waals surface area contributed by atoms with Crippen LogP contribution < -0.4 is 5.32 Å². The molecule has 1 aromatic rings. The van der Waals surface area contributed by atoms with Gasteiger partial charge in [-0.2, -0.15) is 18.4 Å². The topological polar surface area (TPSA) is 75.0 Å². The molecule has 2 heterocycles. The van der Waals surface area contributed by atoms with Crippen molar-refractivity contribution in [2.75, 3.05) is 18.5 Å². The molecule has 1 amide bonds. The Balaban J connectivity index is 2.11. The fourth-order valence-electron chi connectivity index (χ4n) is 2.00. The third-order valence-electron chi connectivity index (χ3n) is 3.31. The molecule has 0 spiro atoms. The SMILES string of the molecule is N#CC1(C(=O)Nc2ccc(C(F)(F)F)nc2)CCOCC1. The third-order valence-corrected chi connectivity index (χ3v) is 3.31. The summed E-state index contributed by atoms with van der Waals surface area (Å²) in [4.78, 5) is 15.4. The lowest BCUT2D eigenvalue weighted by atomic mass is 9.81. The maximum Gasteiger partial charge on any atom is 0.433 e. The second kappa shape index (κ2) is 5.69. The highest BCUT2D eigenvalue weighted by atomic mass is 19.4. The summed E-state index contributed by atoms with van der Waals surface area (Å²) in [6.07, 6.45) is -3.10. The third kappa shape index (κ3) is 3.31. The van der Waals surface area contributed by atoms with Crippen molar-refractivity contribution in [3.05, 3.63) is 24.0 Å². The van der Waals surface area contributed by atoms with E-state index in [0.717, 1.165) is 18.3 Å². The molecule has 0 atom stereocenters. The second-order valence-corrected chi connectivity index (χ2v) is 4.69. The predicted octanol–water partition coefficient (Wildman–Crippen LogP) is 2.36. The van der Waals surface area contributed by atoms with Crippen molar-refractivity contribution in [2.24, 2.45) is 5.41 Å². The first-order valence-corrected chi connectivity index (χ1v) is 6.21. The zero-order chi connectivity index (χ0) is 15.5. The number of carbonyl (C=O) groups is 1. The van der Waals surface area contributed by atoms with Crippen molar-refractivity contribution < 1.29 is 22.7 Å². The van der Waals surface area contributed by atoms with E-state index < -0.39 is 23.2 Å². The molecule has 0 unspecified atom stereocenters. The van der Waals surface area contributed by atoms with E-state index in [4.69, 9.17) is 4.74 Å². The van der Waals surface area contributed by atoms with Crippen LogP contribution in [0.25, 0.3) is 0 Å². The number of nitrogens with zero attached hydrogens (tertiary/aromatic N) is 2. The summed E-state index contributed by atoms with van der Waals surface area (Å²) in [5.41, 5.74) is -2.13. The van der Waals surface area contributed by atoms with E-state index >= 15 is 0 Å². The maximum absolute atomic E-state index is 12.4. The number of pyridine rings is 1. The lowest BCUT2D eigenvalue weighted by Crippen LogP contribution is -2.39. The van der Waals surface area contributed by atoms with Gasteiger partial charge >= 0.3 is 6.18 Å². The van der Waals surface area contributed by atoms with Crippen molar-refractivity contribution in [2.45, 2.75) is 19.0 Å². The second-order valence-electron chi connectivity index (χ2n) is 4.69. The highest BCUT2D eigenvalue weighted by Gasteiger charge is 2.40. The molecule has 0 aromatic carbocycles. The number of ether oxygens (including phenoxy) is 1. The first-order valence-electron chi connectivity index (χ1n) is 6.21. The molecule has 0 aliphatic carbocycles. The van der Waals surface area contributed by atoms with Crippen LogP contribution in [0.15, 0.2) is 18.3 Å². The Morgan fingerprint density at radius 3 is 2.52 bits per heavy atom. The molecule has 1 N–H and O–H groups in total. The molecule has 1 aliphatic heterocycles. The number of nitriles is 1. The van der Waals surface area contributed by atoms with E-state index in [2.05, 4.69) is 10.3 Å². The Kier molecular flexibility index (Phi) is 4.14. The lowest BCUT2D eigenvalue weighted by molar-refractivity contribution is -0.141. The van der Waals surface area contributed by atoms with Crippen LogP contribution in [0, 0.1) is 16.7 Å². The first-order chi connectivity index (χ1) is 9.87. The van der Waals surface area contributed by atoms with Gasteiger partial charge in [0.1, 0.15) is 11.1 Å². The molecular weight excluding hydrogens is 287 g/mol. The summed E-state index contributed by atoms with van der Waals surface area (Å²) >= 11 is 0.